The molecule has 1 atom stereocenters. The molecule has 0 bridgehead atoms. The molecule has 31 heavy (non-hydrogen) atoms. The van der Waals surface area contributed by atoms with Crippen LogP contribution in [0.5, 0.6) is 11.5 Å². The third kappa shape index (κ3) is 3.30. The van der Waals surface area contributed by atoms with E-state index in [9.17, 15) is 9.59 Å². The van der Waals surface area contributed by atoms with Crippen molar-refractivity contribution in [3.05, 3.63) is 59.3 Å². The fourth-order valence-electron chi connectivity index (χ4n) is 4.72. The molecular formula is C24H25N3O4. The van der Waals surface area contributed by atoms with Crippen LogP contribution in [0, 0.1) is 0 Å². The molecule has 0 saturated carbocycles. The predicted molar refractivity (Wildman–Crippen MR) is 116 cm³/mol. The normalized spacial score (nSPS) is 18.2. The first-order valence-electron chi connectivity index (χ1n) is 10.5. The lowest BCUT2D eigenvalue weighted by Gasteiger charge is -2.42. The number of hydrogen-bond acceptors (Lipinski definition) is 4. The number of nitrogens with zero attached hydrogens (tertiary/aromatic N) is 2. The first kappa shape index (κ1) is 19.5. The number of aromatic nitrogens is 1. The van der Waals surface area contributed by atoms with Crippen molar-refractivity contribution in [2.75, 3.05) is 27.3 Å². The number of carbonyl (C=O) groups is 2. The zero-order valence-corrected chi connectivity index (χ0v) is 17.7. The largest absolute Gasteiger partial charge is 0.493 e. The van der Waals surface area contributed by atoms with Crippen molar-refractivity contribution in [1.29, 1.82) is 0 Å². The Bertz CT molecular complexity index is 1170. The highest BCUT2D eigenvalue weighted by Gasteiger charge is 2.42. The molecule has 1 N–H and O–H groups in total. The van der Waals surface area contributed by atoms with Crippen LogP contribution in [0.25, 0.3) is 10.9 Å². The summed E-state index contributed by atoms with van der Waals surface area (Å²) < 4.78 is 10.7. The van der Waals surface area contributed by atoms with Crippen LogP contribution in [0.1, 0.15) is 16.8 Å². The van der Waals surface area contributed by atoms with Gasteiger partial charge in [0.05, 0.1) is 27.3 Å². The molecule has 1 unspecified atom stereocenters. The molecule has 1 fully saturated rings. The van der Waals surface area contributed by atoms with Gasteiger partial charge in [0.25, 0.3) is 0 Å². The highest BCUT2D eigenvalue weighted by molar-refractivity contribution is 5.96. The number of carbonyl (C=O) groups excluding carboxylic acids is 2. The highest BCUT2D eigenvalue weighted by Crippen LogP contribution is 2.33. The number of aromatic amines is 1. The summed E-state index contributed by atoms with van der Waals surface area (Å²) in [5, 5.41) is 1.14. The summed E-state index contributed by atoms with van der Waals surface area (Å²) in [6.45, 7) is 1.08. The van der Waals surface area contributed by atoms with Gasteiger partial charge in [-0.25, -0.2) is 0 Å². The number of nitrogens with one attached hydrogen (secondary N) is 1. The molecule has 5 rings (SSSR count). The summed E-state index contributed by atoms with van der Waals surface area (Å²) in [7, 11) is 3.20. The van der Waals surface area contributed by atoms with Crippen LogP contribution in [-0.2, 0) is 29.0 Å². The molecule has 3 heterocycles. The van der Waals surface area contributed by atoms with Gasteiger partial charge in [0, 0.05) is 29.6 Å². The summed E-state index contributed by atoms with van der Waals surface area (Å²) in [5.41, 5.74) is 4.28. The third-order valence-corrected chi connectivity index (χ3v) is 6.37. The standard InChI is InChI=1S/C24H25N3O4/c1-30-21-8-7-15(11-22(21)31-2)9-10-26-14-23(28)27-13-19-17(12-20(27)24(26)29)16-5-3-4-6-18(16)25-19/h3-8,11,20,25H,9-10,12-14H2,1-2H3. The Morgan fingerprint density at radius 1 is 1.03 bits per heavy atom. The molecule has 1 saturated heterocycles. The van der Waals surface area contributed by atoms with Crippen LogP contribution in [0.3, 0.4) is 0 Å². The summed E-state index contributed by atoms with van der Waals surface area (Å²) in [5.74, 6) is 1.35. The summed E-state index contributed by atoms with van der Waals surface area (Å²) >= 11 is 0. The minimum atomic E-state index is -0.432. The van der Waals surface area contributed by atoms with Crippen molar-refractivity contribution in [2.45, 2.75) is 25.4 Å². The summed E-state index contributed by atoms with van der Waals surface area (Å²) in [6.07, 6.45) is 1.20. The number of hydrogen-bond donors (Lipinski definition) is 1. The van der Waals surface area contributed by atoms with E-state index in [0.717, 1.165) is 27.7 Å². The zero-order valence-electron chi connectivity index (χ0n) is 17.7. The molecule has 0 aliphatic carbocycles. The second kappa shape index (κ2) is 7.65. The quantitative estimate of drug-likeness (QED) is 0.690. The number of methoxy groups -OCH3 is 2. The molecule has 1 aromatic heterocycles. The van der Waals surface area contributed by atoms with Gasteiger partial charge in [-0.15, -0.1) is 0 Å². The van der Waals surface area contributed by atoms with Gasteiger partial charge in [0.1, 0.15) is 6.04 Å². The Labute approximate surface area is 180 Å². The molecular weight excluding hydrogens is 394 g/mol. The molecule has 3 aromatic rings. The van der Waals surface area contributed by atoms with Crippen molar-refractivity contribution >= 4 is 22.7 Å². The Kier molecular flexibility index (Phi) is 4.81. The van der Waals surface area contributed by atoms with Crippen LogP contribution in [0.15, 0.2) is 42.5 Å². The van der Waals surface area contributed by atoms with Gasteiger partial charge in [-0.05, 0) is 35.7 Å². The first-order valence-corrected chi connectivity index (χ1v) is 10.5. The van der Waals surface area contributed by atoms with Gasteiger partial charge < -0.3 is 24.3 Å². The Balaban J connectivity index is 1.34. The van der Waals surface area contributed by atoms with Crippen LogP contribution >= 0.6 is 0 Å². The Morgan fingerprint density at radius 3 is 2.65 bits per heavy atom. The van der Waals surface area contributed by atoms with E-state index in [2.05, 4.69) is 11.1 Å². The van der Waals surface area contributed by atoms with Gasteiger partial charge in [-0.3, -0.25) is 9.59 Å². The van der Waals surface area contributed by atoms with E-state index in [1.54, 1.807) is 24.0 Å². The lowest BCUT2D eigenvalue weighted by Crippen LogP contribution is -2.61. The maximum atomic E-state index is 13.3. The van der Waals surface area contributed by atoms with Crippen LogP contribution in [-0.4, -0.2) is 59.9 Å². The van der Waals surface area contributed by atoms with E-state index in [0.29, 0.717) is 37.4 Å². The molecule has 0 radical (unpaired) electrons. The number of fused-ring (bicyclic) bond motifs is 4. The number of piperazine rings is 1. The minimum absolute atomic E-state index is 0.00113. The summed E-state index contributed by atoms with van der Waals surface area (Å²) in [4.78, 5) is 33.0. The van der Waals surface area contributed by atoms with Gasteiger partial charge in [-0.2, -0.15) is 0 Å². The van der Waals surface area contributed by atoms with E-state index in [4.69, 9.17) is 9.47 Å². The van der Waals surface area contributed by atoms with E-state index in [-0.39, 0.29) is 18.4 Å². The molecule has 2 aliphatic heterocycles. The monoisotopic (exact) mass is 419 g/mol. The lowest BCUT2D eigenvalue weighted by atomic mass is 9.93. The lowest BCUT2D eigenvalue weighted by molar-refractivity contribution is -0.157. The van der Waals surface area contributed by atoms with Crippen molar-refractivity contribution in [3.63, 3.8) is 0 Å². The second-order valence-corrected chi connectivity index (χ2v) is 8.07. The minimum Gasteiger partial charge on any atom is -0.493 e. The van der Waals surface area contributed by atoms with Gasteiger partial charge in [0.15, 0.2) is 11.5 Å². The number of para-hydroxylation sites is 1. The van der Waals surface area contributed by atoms with E-state index >= 15 is 0 Å². The van der Waals surface area contributed by atoms with Crippen molar-refractivity contribution < 1.29 is 19.1 Å². The third-order valence-electron chi connectivity index (χ3n) is 6.37. The van der Waals surface area contributed by atoms with Crippen molar-refractivity contribution in [1.82, 2.24) is 14.8 Å². The fraction of sp³-hybridized carbons (Fsp3) is 0.333. The average molecular weight is 419 g/mol. The predicted octanol–water partition coefficient (Wildman–Crippen LogP) is 2.52. The maximum absolute atomic E-state index is 13.3. The molecule has 2 amide bonds. The van der Waals surface area contributed by atoms with Crippen LogP contribution in [0.2, 0.25) is 0 Å². The van der Waals surface area contributed by atoms with Crippen LogP contribution < -0.4 is 9.47 Å². The van der Waals surface area contributed by atoms with Crippen molar-refractivity contribution in [2.24, 2.45) is 0 Å². The number of benzene rings is 2. The van der Waals surface area contributed by atoms with Gasteiger partial charge in [0.2, 0.25) is 11.8 Å². The molecule has 2 aliphatic rings. The topological polar surface area (TPSA) is 74.9 Å². The molecule has 7 nitrogen and oxygen atoms in total. The number of H-pyrrole nitrogens is 1. The smallest absolute Gasteiger partial charge is 0.246 e. The molecule has 2 aromatic carbocycles. The molecule has 160 valence electrons. The van der Waals surface area contributed by atoms with E-state index < -0.39 is 6.04 Å². The molecule has 7 heteroatoms. The van der Waals surface area contributed by atoms with Crippen molar-refractivity contribution in [3.8, 4) is 11.5 Å². The number of amides is 2. The van der Waals surface area contributed by atoms with E-state index in [1.807, 2.05) is 36.4 Å². The Morgan fingerprint density at radius 2 is 1.84 bits per heavy atom. The second-order valence-electron chi connectivity index (χ2n) is 8.07. The fourth-order valence-corrected chi connectivity index (χ4v) is 4.72. The number of ether oxygens (including phenoxy) is 2. The zero-order chi connectivity index (χ0) is 21.5. The maximum Gasteiger partial charge on any atom is 0.246 e. The Hall–Kier alpha value is -3.48. The number of rotatable bonds is 5. The van der Waals surface area contributed by atoms with Crippen LogP contribution in [0.4, 0.5) is 0 Å². The van der Waals surface area contributed by atoms with Gasteiger partial charge >= 0.3 is 0 Å². The average Bonchev–Trinajstić information content (AvgIpc) is 3.17. The van der Waals surface area contributed by atoms with E-state index in [1.165, 1.54) is 0 Å². The van der Waals surface area contributed by atoms with Gasteiger partial charge in [-0.1, -0.05) is 24.3 Å². The first-order chi connectivity index (χ1) is 15.1. The summed E-state index contributed by atoms with van der Waals surface area (Å²) in [6, 6.07) is 13.4. The molecule has 0 spiro atoms. The SMILES string of the molecule is COc1ccc(CCN2CC(=O)N3Cc4[nH]c5ccccc5c4CC3C2=O)cc1OC. The highest BCUT2D eigenvalue weighted by atomic mass is 16.5.